The quantitative estimate of drug-likeness (QED) is 0.168. The van der Waals surface area contributed by atoms with Gasteiger partial charge in [-0.25, -0.2) is 9.67 Å². The third kappa shape index (κ3) is 5.10. The number of benzene rings is 9. The van der Waals surface area contributed by atoms with Gasteiger partial charge in [0.15, 0.2) is 11.6 Å². The molecular weight excluding hydrogens is 757 g/mol. The molecule has 13 rings (SSSR count). The van der Waals surface area contributed by atoms with Crippen molar-refractivity contribution in [1.29, 1.82) is 0 Å². The molecule has 0 aliphatic rings. The van der Waals surface area contributed by atoms with E-state index in [2.05, 4.69) is 196 Å². The van der Waals surface area contributed by atoms with Crippen LogP contribution in [-0.4, -0.2) is 28.5 Å². The number of aromatic nitrogens is 6. The van der Waals surface area contributed by atoms with Gasteiger partial charge in [0, 0.05) is 60.5 Å². The largest absolute Gasteiger partial charge is 0.309 e. The molecular formula is C56H36N6. The van der Waals surface area contributed by atoms with E-state index in [9.17, 15) is 0 Å². The summed E-state index contributed by atoms with van der Waals surface area (Å²) < 4.78 is 9.26. The minimum absolute atomic E-state index is 0.691. The zero-order chi connectivity index (χ0) is 40.7. The molecule has 290 valence electrons. The third-order valence-electron chi connectivity index (χ3n) is 12.4. The molecule has 13 aromatic rings. The predicted molar refractivity (Wildman–Crippen MR) is 255 cm³/mol. The third-order valence-corrected chi connectivity index (χ3v) is 12.4. The molecule has 0 radical (unpaired) electrons. The number of hydrogen-bond donors (Lipinski definition) is 0. The van der Waals surface area contributed by atoms with E-state index in [-0.39, 0.29) is 0 Å². The van der Waals surface area contributed by atoms with Gasteiger partial charge in [-0.05, 0) is 72.8 Å². The van der Waals surface area contributed by atoms with Gasteiger partial charge >= 0.3 is 0 Å². The minimum atomic E-state index is 0.691. The highest BCUT2D eigenvalue weighted by atomic mass is 15.4. The Hall–Kier alpha value is -8.48. The van der Waals surface area contributed by atoms with Crippen molar-refractivity contribution in [3.8, 4) is 45.5 Å². The van der Waals surface area contributed by atoms with Crippen LogP contribution in [-0.2, 0) is 0 Å². The van der Waals surface area contributed by atoms with Gasteiger partial charge in [0.25, 0.3) is 0 Å². The maximum absolute atomic E-state index is 5.12. The molecule has 0 N–H and O–H groups in total. The number of fused-ring (bicyclic) bond motifs is 10. The Morgan fingerprint density at radius 2 is 0.823 bits per heavy atom. The summed E-state index contributed by atoms with van der Waals surface area (Å²) in [4.78, 5) is 5.09. The predicted octanol–water partition coefficient (Wildman–Crippen LogP) is 13.9. The Morgan fingerprint density at radius 1 is 0.306 bits per heavy atom. The fraction of sp³-hybridized carbons (Fsp3) is 0. The van der Waals surface area contributed by atoms with Crippen molar-refractivity contribution in [1.82, 2.24) is 28.5 Å². The molecule has 0 bridgehead atoms. The smallest absolute Gasteiger partial charge is 0.182 e. The molecule has 6 heteroatoms. The first-order valence-electron chi connectivity index (χ1n) is 21.0. The van der Waals surface area contributed by atoms with Crippen molar-refractivity contribution in [3.05, 3.63) is 218 Å². The van der Waals surface area contributed by atoms with E-state index in [4.69, 9.17) is 10.1 Å². The highest BCUT2D eigenvalue weighted by Crippen LogP contribution is 2.43. The molecule has 0 unspecified atom stereocenters. The Balaban J connectivity index is 1.02. The molecule has 0 atom stereocenters. The van der Waals surface area contributed by atoms with Crippen molar-refractivity contribution >= 4 is 65.4 Å². The van der Waals surface area contributed by atoms with Gasteiger partial charge in [-0.1, -0.05) is 146 Å². The molecule has 0 saturated heterocycles. The zero-order valence-electron chi connectivity index (χ0n) is 33.5. The summed E-state index contributed by atoms with van der Waals surface area (Å²) >= 11 is 0. The summed E-state index contributed by atoms with van der Waals surface area (Å²) in [5, 5.41) is 12.4. The lowest BCUT2D eigenvalue weighted by Gasteiger charge is -2.13. The Bertz CT molecular complexity index is 3850. The Labute approximate surface area is 356 Å². The van der Waals surface area contributed by atoms with Gasteiger partial charge in [0.1, 0.15) is 0 Å². The first-order chi connectivity index (χ1) is 30.8. The fourth-order valence-corrected chi connectivity index (χ4v) is 9.75. The van der Waals surface area contributed by atoms with Crippen LogP contribution >= 0.6 is 0 Å². The second kappa shape index (κ2) is 13.5. The maximum atomic E-state index is 5.12. The number of para-hydroxylation sites is 4. The fourth-order valence-electron chi connectivity index (χ4n) is 9.75. The average molecular weight is 793 g/mol. The van der Waals surface area contributed by atoms with Gasteiger partial charge in [0.2, 0.25) is 0 Å². The van der Waals surface area contributed by atoms with Crippen molar-refractivity contribution in [2.45, 2.75) is 0 Å². The normalized spacial score (nSPS) is 11.9. The van der Waals surface area contributed by atoms with E-state index in [1.54, 1.807) is 0 Å². The van der Waals surface area contributed by atoms with Crippen molar-refractivity contribution in [3.63, 3.8) is 0 Å². The lowest BCUT2D eigenvalue weighted by Crippen LogP contribution is -2.00. The lowest BCUT2D eigenvalue weighted by molar-refractivity contribution is 0.892. The van der Waals surface area contributed by atoms with E-state index >= 15 is 0 Å². The topological polar surface area (TPSA) is 45.5 Å². The standard InChI is InChI=1S/C56H36N6/c1-4-17-37(18-5-1)55-57-56(38-19-6-2-7-20-38)62(58-55)42-31-33-51-47(36-42)44-26-11-13-28-48(44)59(51)40-23-16-24-41(35-40)60-50-30-15-12-27-46(50)53-52(60)34-32-45-43-25-10-14-29-49(43)61(54(45)53)39-21-8-3-9-22-39/h1-36H. The first kappa shape index (κ1) is 34.4. The Morgan fingerprint density at radius 3 is 1.53 bits per heavy atom. The molecule has 9 aromatic carbocycles. The monoisotopic (exact) mass is 792 g/mol. The average Bonchev–Trinajstić information content (AvgIpc) is 4.11. The van der Waals surface area contributed by atoms with Gasteiger partial charge in [-0.15, -0.1) is 5.10 Å². The van der Waals surface area contributed by atoms with Gasteiger partial charge in [-0.2, -0.15) is 0 Å². The molecule has 6 nitrogen and oxygen atoms in total. The second-order valence-corrected chi connectivity index (χ2v) is 15.9. The van der Waals surface area contributed by atoms with Crippen LogP contribution in [0.15, 0.2) is 218 Å². The van der Waals surface area contributed by atoms with Gasteiger partial charge in [-0.3, -0.25) is 0 Å². The van der Waals surface area contributed by atoms with Crippen LogP contribution in [0.1, 0.15) is 0 Å². The first-order valence-corrected chi connectivity index (χ1v) is 21.0. The van der Waals surface area contributed by atoms with Crippen LogP contribution < -0.4 is 0 Å². The van der Waals surface area contributed by atoms with Crippen LogP contribution in [0.4, 0.5) is 0 Å². The van der Waals surface area contributed by atoms with Crippen molar-refractivity contribution < 1.29 is 0 Å². The zero-order valence-corrected chi connectivity index (χ0v) is 33.5. The summed E-state index contributed by atoms with van der Waals surface area (Å²) in [6.07, 6.45) is 0. The molecule has 0 saturated carbocycles. The van der Waals surface area contributed by atoms with Crippen LogP contribution in [0.3, 0.4) is 0 Å². The highest BCUT2D eigenvalue weighted by molar-refractivity contribution is 6.26. The van der Waals surface area contributed by atoms with Crippen LogP contribution in [0.5, 0.6) is 0 Å². The molecule has 62 heavy (non-hydrogen) atoms. The lowest BCUT2D eigenvalue weighted by atomic mass is 10.1. The second-order valence-electron chi connectivity index (χ2n) is 15.9. The summed E-state index contributed by atoms with van der Waals surface area (Å²) in [7, 11) is 0. The van der Waals surface area contributed by atoms with E-state index in [1.165, 1.54) is 49.0 Å². The van der Waals surface area contributed by atoms with E-state index in [0.717, 1.165) is 56.1 Å². The molecule has 0 amide bonds. The molecule has 0 aliphatic heterocycles. The van der Waals surface area contributed by atoms with E-state index < -0.39 is 0 Å². The summed E-state index contributed by atoms with van der Waals surface area (Å²) in [5.41, 5.74) is 13.3. The van der Waals surface area contributed by atoms with Crippen LogP contribution in [0.2, 0.25) is 0 Å². The van der Waals surface area contributed by atoms with Crippen LogP contribution in [0.25, 0.3) is 111 Å². The number of rotatable bonds is 6. The molecule has 0 aliphatic carbocycles. The molecule has 0 fully saturated rings. The SMILES string of the molecule is c1ccc(-c2nc(-c3ccccc3)n(-c3ccc4c(c3)c3ccccc3n4-c3cccc(-n4c5ccccc5c5c4ccc4c6ccccc6n(-c6ccccc6)c45)c3)n2)cc1. The molecule has 0 spiro atoms. The van der Waals surface area contributed by atoms with Crippen LogP contribution in [0, 0.1) is 0 Å². The number of nitrogens with zero attached hydrogens (tertiary/aromatic N) is 6. The van der Waals surface area contributed by atoms with Gasteiger partial charge in [0.05, 0.1) is 38.8 Å². The summed E-state index contributed by atoms with van der Waals surface area (Å²) in [6.45, 7) is 0. The maximum Gasteiger partial charge on any atom is 0.182 e. The minimum Gasteiger partial charge on any atom is -0.309 e. The summed E-state index contributed by atoms with van der Waals surface area (Å²) in [6, 6.07) is 77.8. The van der Waals surface area contributed by atoms with Crippen molar-refractivity contribution in [2.24, 2.45) is 0 Å². The summed E-state index contributed by atoms with van der Waals surface area (Å²) in [5.74, 6) is 1.49. The molecule has 4 aromatic heterocycles. The van der Waals surface area contributed by atoms with E-state index in [1.807, 2.05) is 41.1 Å². The van der Waals surface area contributed by atoms with Gasteiger partial charge < -0.3 is 13.7 Å². The highest BCUT2D eigenvalue weighted by Gasteiger charge is 2.22. The Kier molecular flexibility index (Phi) is 7.50. The molecule has 4 heterocycles. The van der Waals surface area contributed by atoms with Crippen molar-refractivity contribution in [2.75, 3.05) is 0 Å². The number of hydrogen-bond acceptors (Lipinski definition) is 2. The van der Waals surface area contributed by atoms with E-state index in [0.29, 0.717) is 5.82 Å².